The van der Waals surface area contributed by atoms with Crippen molar-refractivity contribution in [2.24, 2.45) is 0 Å². The van der Waals surface area contributed by atoms with Crippen molar-refractivity contribution in [3.8, 4) is 5.82 Å². The van der Waals surface area contributed by atoms with Crippen molar-refractivity contribution >= 4 is 11.2 Å². The van der Waals surface area contributed by atoms with E-state index in [1.807, 2.05) is 0 Å². The monoisotopic (exact) mass is 293 g/mol. The van der Waals surface area contributed by atoms with E-state index in [0.717, 1.165) is 0 Å². The van der Waals surface area contributed by atoms with Gasteiger partial charge in [0.15, 0.2) is 17.2 Å². The van der Waals surface area contributed by atoms with Crippen molar-refractivity contribution in [3.05, 3.63) is 35.4 Å². The molecule has 108 valence electrons. The van der Waals surface area contributed by atoms with Gasteiger partial charge in [0.05, 0.1) is 6.20 Å². The van der Waals surface area contributed by atoms with E-state index >= 15 is 0 Å². The van der Waals surface area contributed by atoms with Crippen LogP contribution in [0.5, 0.6) is 0 Å². The Morgan fingerprint density at radius 1 is 1.24 bits per heavy atom. The summed E-state index contributed by atoms with van der Waals surface area (Å²) in [6, 6.07) is 1.72. The van der Waals surface area contributed by atoms with Gasteiger partial charge in [0.2, 0.25) is 0 Å². The van der Waals surface area contributed by atoms with E-state index in [2.05, 4.69) is 20.1 Å². The Balaban J connectivity index is 1.92. The Kier molecular flexibility index (Phi) is 2.39. The maximum Gasteiger partial charge on any atom is 0.435 e. The Labute approximate surface area is 116 Å². The molecule has 1 aliphatic carbocycles. The molecular formula is C13H10F3N5. The van der Waals surface area contributed by atoms with Gasteiger partial charge in [-0.25, -0.2) is 14.6 Å². The summed E-state index contributed by atoms with van der Waals surface area (Å²) in [5, 5.41) is 3.74. The van der Waals surface area contributed by atoms with Gasteiger partial charge in [-0.2, -0.15) is 18.3 Å². The van der Waals surface area contributed by atoms with Gasteiger partial charge >= 0.3 is 6.18 Å². The molecule has 21 heavy (non-hydrogen) atoms. The lowest BCUT2D eigenvalue weighted by molar-refractivity contribution is -0.141. The van der Waals surface area contributed by atoms with E-state index in [1.165, 1.54) is 10.9 Å². The molecule has 3 aromatic heterocycles. The molecule has 8 heteroatoms. The Bertz CT molecular complexity index is 830. The third kappa shape index (κ3) is 1.82. The summed E-state index contributed by atoms with van der Waals surface area (Å²) in [6.45, 7) is 0. The third-order valence-electron chi connectivity index (χ3n) is 3.66. The maximum absolute atomic E-state index is 13.1. The number of halogens is 3. The van der Waals surface area contributed by atoms with Gasteiger partial charge in [0.1, 0.15) is 5.52 Å². The summed E-state index contributed by atoms with van der Waals surface area (Å²) in [5.41, 5.74) is 1.28. The number of aromatic amines is 1. The highest BCUT2D eigenvalue weighted by Crippen LogP contribution is 2.37. The van der Waals surface area contributed by atoms with E-state index in [9.17, 15) is 13.2 Å². The molecule has 0 amide bonds. The summed E-state index contributed by atoms with van der Waals surface area (Å²) in [6.07, 6.45) is 0.365. The molecule has 0 atom stereocenters. The predicted octanol–water partition coefficient (Wildman–Crippen LogP) is 2.65. The van der Waals surface area contributed by atoms with Gasteiger partial charge in [-0.1, -0.05) is 0 Å². The summed E-state index contributed by atoms with van der Waals surface area (Å²) in [7, 11) is 0. The fourth-order valence-electron chi connectivity index (χ4n) is 2.78. The second-order valence-electron chi connectivity index (χ2n) is 4.98. The minimum Gasteiger partial charge on any atom is -0.345 e. The smallest absolute Gasteiger partial charge is 0.345 e. The molecule has 0 saturated heterocycles. The first-order chi connectivity index (χ1) is 10.0. The van der Waals surface area contributed by atoms with Gasteiger partial charge in [-0.05, 0) is 25.3 Å². The van der Waals surface area contributed by atoms with Crippen LogP contribution in [-0.2, 0) is 19.0 Å². The molecular weight excluding hydrogens is 283 g/mol. The second-order valence-corrected chi connectivity index (χ2v) is 4.98. The molecule has 0 bridgehead atoms. The molecule has 0 unspecified atom stereocenters. The summed E-state index contributed by atoms with van der Waals surface area (Å²) in [4.78, 5) is 11.4. The Hall–Kier alpha value is -2.38. The van der Waals surface area contributed by atoms with E-state index in [-0.39, 0.29) is 0 Å². The Morgan fingerprint density at radius 2 is 2.10 bits per heavy atom. The molecule has 3 aromatic rings. The predicted molar refractivity (Wildman–Crippen MR) is 68.0 cm³/mol. The highest BCUT2D eigenvalue weighted by molar-refractivity contribution is 5.70. The summed E-state index contributed by atoms with van der Waals surface area (Å²) >= 11 is 0. The molecule has 3 heterocycles. The molecule has 0 spiro atoms. The van der Waals surface area contributed by atoms with Crippen LogP contribution in [0.4, 0.5) is 13.2 Å². The van der Waals surface area contributed by atoms with E-state index < -0.39 is 11.9 Å². The number of rotatable bonds is 1. The van der Waals surface area contributed by atoms with Gasteiger partial charge < -0.3 is 4.98 Å². The summed E-state index contributed by atoms with van der Waals surface area (Å²) < 4.78 is 40.5. The zero-order valence-electron chi connectivity index (χ0n) is 10.8. The minimum absolute atomic E-state index is 0.290. The first-order valence-electron chi connectivity index (χ1n) is 6.52. The van der Waals surface area contributed by atoms with E-state index in [0.29, 0.717) is 47.5 Å². The van der Waals surface area contributed by atoms with Crippen molar-refractivity contribution in [1.29, 1.82) is 0 Å². The van der Waals surface area contributed by atoms with Gasteiger partial charge in [0.25, 0.3) is 0 Å². The van der Waals surface area contributed by atoms with E-state index in [1.54, 1.807) is 12.3 Å². The molecule has 4 rings (SSSR count). The van der Waals surface area contributed by atoms with Crippen LogP contribution in [-0.4, -0.2) is 24.7 Å². The van der Waals surface area contributed by atoms with Crippen LogP contribution in [0, 0.1) is 0 Å². The number of hydrogen-bond donors (Lipinski definition) is 1. The average molecular weight is 293 g/mol. The summed E-state index contributed by atoms with van der Waals surface area (Å²) in [5.74, 6) is 0.316. The first kappa shape index (κ1) is 12.4. The number of H-pyrrole nitrogens is 1. The van der Waals surface area contributed by atoms with Crippen LogP contribution in [0.3, 0.4) is 0 Å². The van der Waals surface area contributed by atoms with E-state index in [4.69, 9.17) is 0 Å². The lowest BCUT2D eigenvalue weighted by atomic mass is 10.2. The molecule has 0 aromatic carbocycles. The van der Waals surface area contributed by atoms with Crippen molar-refractivity contribution in [3.63, 3.8) is 0 Å². The van der Waals surface area contributed by atoms with Crippen LogP contribution in [0.25, 0.3) is 17.0 Å². The standard InChI is InChI=1S/C13H10F3N5/c14-13(15,16)11-7-2-1-3-9(7)21(20-11)10-6-18-12-8(19-10)4-5-17-12/h4-6H,1-3H2,(H,17,18). The number of nitrogens with one attached hydrogen (secondary N) is 1. The number of nitrogens with zero attached hydrogens (tertiary/aromatic N) is 4. The first-order valence-corrected chi connectivity index (χ1v) is 6.52. The highest BCUT2D eigenvalue weighted by atomic mass is 19.4. The van der Waals surface area contributed by atoms with Gasteiger partial charge in [-0.15, -0.1) is 0 Å². The molecule has 0 saturated carbocycles. The van der Waals surface area contributed by atoms with Crippen molar-refractivity contribution in [1.82, 2.24) is 24.7 Å². The largest absolute Gasteiger partial charge is 0.435 e. The van der Waals surface area contributed by atoms with Crippen LogP contribution in [0.1, 0.15) is 23.4 Å². The fourth-order valence-corrected chi connectivity index (χ4v) is 2.78. The molecule has 0 aliphatic heterocycles. The zero-order valence-corrected chi connectivity index (χ0v) is 10.8. The van der Waals surface area contributed by atoms with Crippen LogP contribution >= 0.6 is 0 Å². The number of hydrogen-bond acceptors (Lipinski definition) is 3. The third-order valence-corrected chi connectivity index (χ3v) is 3.66. The maximum atomic E-state index is 13.1. The lowest BCUT2D eigenvalue weighted by Crippen LogP contribution is -2.10. The molecule has 5 nitrogen and oxygen atoms in total. The molecule has 0 radical (unpaired) electrons. The highest BCUT2D eigenvalue weighted by Gasteiger charge is 2.40. The van der Waals surface area contributed by atoms with Crippen molar-refractivity contribution in [2.75, 3.05) is 0 Å². The topological polar surface area (TPSA) is 59.4 Å². The number of fused-ring (bicyclic) bond motifs is 2. The second kappa shape index (κ2) is 4.06. The normalized spacial score (nSPS) is 14.8. The molecule has 1 N–H and O–H groups in total. The van der Waals surface area contributed by atoms with Gasteiger partial charge in [0, 0.05) is 17.5 Å². The van der Waals surface area contributed by atoms with Crippen LogP contribution in [0.15, 0.2) is 18.5 Å². The quantitative estimate of drug-likeness (QED) is 0.750. The van der Waals surface area contributed by atoms with Crippen molar-refractivity contribution in [2.45, 2.75) is 25.4 Å². The zero-order chi connectivity index (χ0) is 14.6. The number of aromatic nitrogens is 5. The fraction of sp³-hybridized carbons (Fsp3) is 0.308. The van der Waals surface area contributed by atoms with Crippen LogP contribution in [0.2, 0.25) is 0 Å². The van der Waals surface area contributed by atoms with Crippen LogP contribution < -0.4 is 0 Å². The molecule has 1 aliphatic rings. The van der Waals surface area contributed by atoms with Gasteiger partial charge in [-0.3, -0.25) is 0 Å². The SMILES string of the molecule is FC(F)(F)c1nn(-c2cnc3[nH]ccc3n2)c2c1CCC2. The average Bonchev–Trinajstić information content (AvgIpc) is 3.11. The minimum atomic E-state index is -4.44. The lowest BCUT2D eigenvalue weighted by Gasteiger charge is -2.05. The van der Waals surface area contributed by atoms with Crippen molar-refractivity contribution < 1.29 is 13.2 Å². The molecule has 0 fully saturated rings. The Morgan fingerprint density at radius 3 is 2.90 bits per heavy atom. The number of alkyl halides is 3.